The lowest BCUT2D eigenvalue weighted by atomic mass is 10.2. The van der Waals surface area contributed by atoms with Gasteiger partial charge in [-0.2, -0.15) is 5.10 Å². The van der Waals surface area contributed by atoms with E-state index in [1.165, 1.54) is 0 Å². The maximum Gasteiger partial charge on any atom is 0.223 e. The second kappa shape index (κ2) is 5.32. The first kappa shape index (κ1) is 13.4. The fraction of sp³-hybridized carbons (Fsp3) is 0.231. The zero-order chi connectivity index (χ0) is 14.0. The Morgan fingerprint density at radius 2 is 2.05 bits per heavy atom. The van der Waals surface area contributed by atoms with Crippen molar-refractivity contribution >= 4 is 17.4 Å². The van der Waals surface area contributed by atoms with Gasteiger partial charge in [-0.1, -0.05) is 23.7 Å². The number of amidine groups is 1. The average Bonchev–Trinajstić information content (AvgIpc) is 2.63. The number of hydrogen-bond donors (Lipinski definition) is 2. The Morgan fingerprint density at radius 3 is 2.63 bits per heavy atom. The molecule has 0 bridgehead atoms. The molecular formula is C13H15ClN4O. The van der Waals surface area contributed by atoms with Gasteiger partial charge in [0.05, 0.1) is 5.69 Å². The summed E-state index contributed by atoms with van der Waals surface area (Å²) >= 11 is 5.82. The molecule has 0 saturated heterocycles. The molecule has 1 heterocycles. The van der Waals surface area contributed by atoms with Crippen molar-refractivity contribution in [2.45, 2.75) is 13.5 Å². The summed E-state index contributed by atoms with van der Waals surface area (Å²) in [7, 11) is 1.76. The molecule has 0 aliphatic heterocycles. The minimum Gasteiger partial charge on any atom is -0.472 e. The van der Waals surface area contributed by atoms with Crippen molar-refractivity contribution in [2.24, 2.45) is 12.8 Å². The van der Waals surface area contributed by atoms with Gasteiger partial charge in [-0.25, -0.2) is 4.68 Å². The van der Waals surface area contributed by atoms with Crippen molar-refractivity contribution < 1.29 is 4.74 Å². The van der Waals surface area contributed by atoms with Crippen LogP contribution >= 0.6 is 11.6 Å². The minimum atomic E-state index is -0.0447. The molecule has 2 rings (SSSR count). The number of nitrogens with one attached hydrogen (secondary N) is 1. The van der Waals surface area contributed by atoms with Gasteiger partial charge >= 0.3 is 0 Å². The molecule has 6 heteroatoms. The average molecular weight is 279 g/mol. The second-order valence-corrected chi connectivity index (χ2v) is 4.65. The molecule has 0 saturated carbocycles. The Balaban J connectivity index is 2.20. The molecule has 0 unspecified atom stereocenters. The number of nitrogens with zero attached hydrogens (tertiary/aromatic N) is 2. The molecule has 2 aromatic rings. The van der Waals surface area contributed by atoms with Crippen LogP contribution in [0.5, 0.6) is 5.88 Å². The number of nitrogen functional groups attached to an aromatic ring is 1. The number of nitrogens with two attached hydrogens (primary N) is 1. The molecule has 0 radical (unpaired) electrons. The van der Waals surface area contributed by atoms with E-state index in [2.05, 4.69) is 5.10 Å². The van der Waals surface area contributed by atoms with Crippen LogP contribution in [0.4, 0.5) is 0 Å². The van der Waals surface area contributed by atoms with Gasteiger partial charge in [0.2, 0.25) is 5.88 Å². The maximum absolute atomic E-state index is 7.57. The second-order valence-electron chi connectivity index (χ2n) is 4.22. The van der Waals surface area contributed by atoms with E-state index in [0.717, 1.165) is 5.56 Å². The summed E-state index contributed by atoms with van der Waals surface area (Å²) in [5.74, 6) is 0.455. The van der Waals surface area contributed by atoms with Crippen molar-refractivity contribution in [2.75, 3.05) is 0 Å². The Labute approximate surface area is 116 Å². The van der Waals surface area contributed by atoms with Gasteiger partial charge in [0.25, 0.3) is 0 Å². The van der Waals surface area contributed by atoms with Crippen LogP contribution in [0.25, 0.3) is 0 Å². The van der Waals surface area contributed by atoms with Crippen LogP contribution in [0.15, 0.2) is 24.3 Å². The van der Waals surface area contributed by atoms with Gasteiger partial charge in [-0.15, -0.1) is 0 Å². The molecule has 19 heavy (non-hydrogen) atoms. The van der Waals surface area contributed by atoms with Crippen LogP contribution in [0.2, 0.25) is 5.02 Å². The number of ether oxygens (including phenoxy) is 1. The van der Waals surface area contributed by atoms with Crippen molar-refractivity contribution in [3.63, 3.8) is 0 Å². The van der Waals surface area contributed by atoms with Crippen LogP contribution < -0.4 is 10.5 Å². The van der Waals surface area contributed by atoms with Crippen LogP contribution in [0.1, 0.15) is 16.8 Å². The molecule has 0 fully saturated rings. The van der Waals surface area contributed by atoms with Gasteiger partial charge in [-0.05, 0) is 24.6 Å². The van der Waals surface area contributed by atoms with E-state index in [9.17, 15) is 0 Å². The molecule has 0 aliphatic rings. The van der Waals surface area contributed by atoms with E-state index in [-0.39, 0.29) is 5.84 Å². The van der Waals surface area contributed by atoms with Gasteiger partial charge in [-0.3, -0.25) is 5.41 Å². The zero-order valence-electron chi connectivity index (χ0n) is 10.8. The Kier molecular flexibility index (Phi) is 3.76. The highest BCUT2D eigenvalue weighted by atomic mass is 35.5. The fourth-order valence-corrected chi connectivity index (χ4v) is 1.97. The van der Waals surface area contributed by atoms with E-state index in [1.54, 1.807) is 30.8 Å². The molecule has 0 spiro atoms. The smallest absolute Gasteiger partial charge is 0.223 e. The molecule has 100 valence electrons. The zero-order valence-corrected chi connectivity index (χ0v) is 11.5. The molecule has 0 aliphatic carbocycles. The number of hydrogen-bond acceptors (Lipinski definition) is 3. The highest BCUT2D eigenvalue weighted by Gasteiger charge is 2.17. The highest BCUT2D eigenvalue weighted by molar-refractivity contribution is 6.30. The van der Waals surface area contributed by atoms with Gasteiger partial charge in [0, 0.05) is 12.1 Å². The lowest BCUT2D eigenvalue weighted by Gasteiger charge is -2.08. The summed E-state index contributed by atoms with van der Waals surface area (Å²) in [6.45, 7) is 2.17. The monoisotopic (exact) mass is 278 g/mol. The maximum atomic E-state index is 7.57. The topological polar surface area (TPSA) is 76.9 Å². The Hall–Kier alpha value is -2.01. The van der Waals surface area contributed by atoms with E-state index in [1.807, 2.05) is 12.1 Å². The Bertz CT molecular complexity index is 604. The third kappa shape index (κ3) is 2.88. The van der Waals surface area contributed by atoms with E-state index >= 15 is 0 Å². The van der Waals surface area contributed by atoms with Crippen LogP contribution in [0, 0.1) is 12.3 Å². The third-order valence-corrected chi connectivity index (χ3v) is 2.98. The van der Waals surface area contributed by atoms with Gasteiger partial charge < -0.3 is 10.5 Å². The summed E-state index contributed by atoms with van der Waals surface area (Å²) in [4.78, 5) is 0. The van der Waals surface area contributed by atoms with Crippen molar-refractivity contribution in [1.29, 1.82) is 5.41 Å². The first-order valence-corrected chi connectivity index (χ1v) is 6.12. The lowest BCUT2D eigenvalue weighted by Crippen LogP contribution is -2.14. The fourth-order valence-electron chi connectivity index (χ4n) is 1.84. The largest absolute Gasteiger partial charge is 0.472 e. The molecular weight excluding hydrogens is 264 g/mol. The molecule has 1 aromatic heterocycles. The molecule has 5 nitrogen and oxygen atoms in total. The first-order chi connectivity index (χ1) is 8.99. The number of benzene rings is 1. The van der Waals surface area contributed by atoms with Gasteiger partial charge in [0.1, 0.15) is 18.0 Å². The number of aromatic nitrogens is 2. The number of rotatable bonds is 4. The molecule has 0 amide bonds. The summed E-state index contributed by atoms with van der Waals surface area (Å²) < 4.78 is 7.30. The predicted molar refractivity (Wildman–Crippen MR) is 74.7 cm³/mol. The van der Waals surface area contributed by atoms with Crippen molar-refractivity contribution in [3.05, 3.63) is 46.1 Å². The predicted octanol–water partition coefficient (Wildman–Crippen LogP) is 2.24. The summed E-state index contributed by atoms with van der Waals surface area (Å²) in [6, 6.07) is 7.39. The van der Waals surface area contributed by atoms with E-state index in [0.29, 0.717) is 28.8 Å². The highest BCUT2D eigenvalue weighted by Crippen LogP contribution is 2.22. The van der Waals surface area contributed by atoms with Crippen LogP contribution in [-0.4, -0.2) is 15.6 Å². The molecule has 0 atom stereocenters. The summed E-state index contributed by atoms with van der Waals surface area (Å²) in [6.07, 6.45) is 0. The van der Waals surface area contributed by atoms with Crippen LogP contribution in [-0.2, 0) is 13.7 Å². The Morgan fingerprint density at radius 1 is 1.42 bits per heavy atom. The summed E-state index contributed by atoms with van der Waals surface area (Å²) in [5.41, 5.74) is 7.75. The van der Waals surface area contributed by atoms with Crippen molar-refractivity contribution in [1.82, 2.24) is 9.78 Å². The third-order valence-electron chi connectivity index (χ3n) is 2.73. The number of halogens is 1. The number of aryl methyl sites for hydroxylation is 2. The quantitative estimate of drug-likeness (QED) is 0.665. The minimum absolute atomic E-state index is 0.0447. The standard InChI is InChI=1S/C13H15ClN4O/c1-8-11(12(15)16)13(18(2)17-8)19-7-9-3-5-10(14)6-4-9/h3-6H,7H2,1-2H3,(H3,15,16). The van der Waals surface area contributed by atoms with Gasteiger partial charge in [0.15, 0.2) is 0 Å². The van der Waals surface area contributed by atoms with Crippen molar-refractivity contribution in [3.8, 4) is 5.88 Å². The van der Waals surface area contributed by atoms with E-state index < -0.39 is 0 Å². The normalized spacial score (nSPS) is 10.5. The molecule has 3 N–H and O–H groups in total. The van der Waals surface area contributed by atoms with E-state index in [4.69, 9.17) is 27.5 Å². The lowest BCUT2D eigenvalue weighted by molar-refractivity contribution is 0.278. The summed E-state index contributed by atoms with van der Waals surface area (Å²) in [5, 5.41) is 12.5. The van der Waals surface area contributed by atoms with Crippen LogP contribution in [0.3, 0.4) is 0 Å². The SMILES string of the molecule is Cc1nn(C)c(OCc2ccc(Cl)cc2)c1C(=N)N. The first-order valence-electron chi connectivity index (χ1n) is 5.74. The molecule has 1 aromatic carbocycles.